The smallest absolute Gasteiger partial charge is 0.507 e. The number of carbonyl (C=O) groups excluding carboxylic acids is 4. The van der Waals surface area contributed by atoms with Crippen molar-refractivity contribution in [3.8, 4) is 17.2 Å². The van der Waals surface area contributed by atoms with Gasteiger partial charge in [-0.05, 0) is 174 Å². The summed E-state index contributed by atoms with van der Waals surface area (Å²) in [5.74, 6) is -3.13. The first-order valence-corrected chi connectivity index (χ1v) is 54.5. The molecule has 44 nitrogen and oxygen atoms in total. The molecule has 48 heteroatoms. The maximum atomic E-state index is 15.0. The molecule has 0 bridgehead atoms. The van der Waals surface area contributed by atoms with Gasteiger partial charge >= 0.3 is 59.1 Å². The normalized spacial score (nSPS) is 33.3. The number of aromatic hydroxyl groups is 2. The number of aliphatic imine (C=N–C) groups is 1. The molecule has 11 aliphatic rings. The molecule has 3 aromatic carbocycles. The van der Waals surface area contributed by atoms with E-state index in [4.69, 9.17) is 61.9 Å². The number of aromatic nitrogens is 2. The molecule has 15 rings (SSSR count). The summed E-state index contributed by atoms with van der Waals surface area (Å²) in [5, 5.41) is 175. The van der Waals surface area contributed by atoms with Gasteiger partial charge in [0.25, 0.3) is 0 Å². The number of fused-ring (bicyclic) bond motifs is 3. The van der Waals surface area contributed by atoms with Crippen molar-refractivity contribution < 1.29 is 207 Å². The Balaban J connectivity index is 0.000000252. The molecular weight excluding hydrogens is 2090 g/mol. The molecule has 1 aliphatic carbocycles. The van der Waals surface area contributed by atoms with Crippen LogP contribution in [0.15, 0.2) is 47.7 Å². The molecule has 0 spiro atoms. The SMILES string of the molecule is CO[C@H](C(=O)[C@@H](O)[C@@H](C)O)[C@@H]1Cc2cc3cc(O[C@H]4C[C@@H](O[C@H]5C[C@@H](O)[C@H](O)[C@@H](C)O5)[C@H](O)[C@@H](C)O4)c(C)c(O)c3c(O)c2C(=O)[C@H]1O[C@H]1C[C@@H](O[C@H]2C[C@@H](O[C@H]3C[C@](C)(O)[C@H](O)[C@@H](C)O3)[C@@H](O)[C@@H](C)O2)[C@H](O)[C@@H](C)O1.O=C(CCBr)N1CCN(C(=O)CCBr)CC1.OC[C@H]1O[C@@H](n2cnc3c2NC=NC[C@H]3O)C[C@@H]1O.[Na+].[Na+].c1cc(CN2CCCNCCNCCCNCC2)ccc1CN1CCCNCCNCCCNCC1. The number of amides is 2. The number of phenols is 2. The number of anilines is 1. The van der Waals surface area contributed by atoms with E-state index >= 15 is 4.79 Å². The number of nitrogens with zero attached hydrogens (tertiary/aromatic N) is 7. The number of nitrogens with one attached hydrogen (secondary N) is 7. The van der Waals surface area contributed by atoms with Crippen LogP contribution in [0.4, 0.5) is 5.82 Å². The van der Waals surface area contributed by atoms with Crippen LogP contribution in [0.5, 0.6) is 17.2 Å². The maximum absolute atomic E-state index is 15.0. The van der Waals surface area contributed by atoms with Gasteiger partial charge < -0.3 is 175 Å². The standard InChI is InChI=1S/C52H76O24.C28H54N8.C11H16N4O4.C10H16Br2N2O2.2Na/c1-18-29(72-34-14-30(43(58)21(4)68-34)73-33-13-28(54)42(57)20(3)67-33)12-26-10-25-11-27(49(66-9)48(63)41(56)19(2)53)50(47(62)39(25)46(61)38(26)40(18)55)76-36-16-31(44(59)23(6)70-36)74-35-15-32(45(60)22(5)69-35)75-37-17-52(8,65)51(64)24(7)71-37;1-9-29-15-17-31-13-3-21-35(23-19-33-11-1)25-27-5-7-28(8-6-27)26-36-22-4-14-32-18-16-30-10-2-12-34-20-24-36;16-3-8-6(17)1-9(19-8)15-5-14-10-7(18)2-12-4-13-11(10)15;11-3-1-9(15)13-5-7-14(8-6-13)10(16)2-4-12;;/h10,12,19-24,27-28,30-37,41-45,49-51,53-61,64-65H,11,13-17H2,1-9H3;5-8,29-34H,1-4,9-26H2;4-9,16-18H,1-3H2,(H,12,13);1-8H2;;/q;;;;2*+1/t19-,20-,21-,22-,23-,24-,27+,28-,30-,31-,32-,33+,34+,35+,36+,37+,41+,42-,43-,44-,45+,49+,50+,51-,52+;;6-,7+,8+,9+;;;/m1.0.../s1. The summed E-state index contributed by atoms with van der Waals surface area (Å²) in [7, 11) is 1.18. The zero-order chi connectivity index (χ0) is 106. The van der Waals surface area contributed by atoms with Crippen LogP contribution in [0.3, 0.4) is 0 Å². The van der Waals surface area contributed by atoms with Crippen molar-refractivity contribution in [1.82, 2.24) is 61.1 Å². The Morgan fingerprint density at radius 2 is 1.04 bits per heavy atom. The summed E-state index contributed by atoms with van der Waals surface area (Å²) in [4.78, 5) is 69.1. The van der Waals surface area contributed by atoms with Gasteiger partial charge in [-0.3, -0.25) is 38.5 Å². The van der Waals surface area contributed by atoms with Crippen LogP contribution in [-0.2, 0) is 86.0 Å². The van der Waals surface area contributed by atoms with Gasteiger partial charge in [0.2, 0.25) is 18.1 Å². The molecule has 4 aromatic rings. The minimum atomic E-state index is -1.95. The molecule has 0 unspecified atom stereocenters. The van der Waals surface area contributed by atoms with Gasteiger partial charge in [-0.25, -0.2) is 4.98 Å². The zero-order valence-corrected chi connectivity index (χ0v) is 95.2. The number of alkyl halides is 2. The third-order valence-corrected chi connectivity index (χ3v) is 29.8. The van der Waals surface area contributed by atoms with Gasteiger partial charge in [-0.15, -0.1) is 0 Å². The maximum Gasteiger partial charge on any atom is 1.00 e. The van der Waals surface area contributed by atoms with E-state index in [0.29, 0.717) is 67.6 Å². The molecule has 10 aliphatic heterocycles. The van der Waals surface area contributed by atoms with Crippen molar-refractivity contribution in [3.63, 3.8) is 0 Å². The first-order valence-electron chi connectivity index (χ1n) is 52.2. The number of hydrogen-bond donors (Lipinski definition) is 21. The number of rotatable bonds is 25. The second kappa shape index (κ2) is 62.5. The van der Waals surface area contributed by atoms with Crippen LogP contribution in [0.1, 0.15) is 176 Å². The number of hydrogen-bond acceptors (Lipinski definition) is 41. The molecule has 0 radical (unpaired) electrons. The quantitative estimate of drug-likeness (QED) is 0.0217. The van der Waals surface area contributed by atoms with Crippen molar-refractivity contribution in [2.24, 2.45) is 10.9 Å². The summed E-state index contributed by atoms with van der Waals surface area (Å²) in [5.41, 5.74) is 1.89. The monoisotopic (exact) mass is 2250 g/mol. The van der Waals surface area contributed by atoms with E-state index in [2.05, 4.69) is 113 Å². The van der Waals surface area contributed by atoms with Gasteiger partial charge in [0, 0.05) is 172 Å². The van der Waals surface area contributed by atoms with Crippen LogP contribution in [0.2, 0.25) is 0 Å². The fraction of sp³-hybridized carbons (Fsp3) is 0.762. The fourth-order valence-corrected chi connectivity index (χ4v) is 21.0. The predicted octanol–water partition coefficient (Wildman–Crippen LogP) is -5.59. The summed E-state index contributed by atoms with van der Waals surface area (Å²) < 4.78 is 73.8. The predicted molar refractivity (Wildman–Crippen MR) is 547 cm³/mol. The number of ether oxygens (including phenoxy) is 12. The largest absolute Gasteiger partial charge is 1.00 e. The Morgan fingerprint density at radius 3 is 1.52 bits per heavy atom. The van der Waals surface area contributed by atoms with Gasteiger partial charge in [-0.1, -0.05) is 56.1 Å². The van der Waals surface area contributed by atoms with E-state index in [9.17, 15) is 80.8 Å². The van der Waals surface area contributed by atoms with Crippen molar-refractivity contribution >= 4 is 78.2 Å². The number of aliphatic hydroxyl groups is 12. The van der Waals surface area contributed by atoms with E-state index < -0.39 is 200 Å². The Bertz CT molecular complexity index is 4630. The van der Waals surface area contributed by atoms with Crippen LogP contribution in [-0.4, -0.2) is 451 Å². The van der Waals surface area contributed by atoms with E-state index in [-0.39, 0.29) is 156 Å². The average molecular weight is 2260 g/mol. The van der Waals surface area contributed by atoms with Crippen LogP contribution in [0, 0.1) is 12.8 Å². The molecule has 0 saturated carbocycles. The molecule has 11 heterocycles. The molecule has 29 atom stereocenters. The fourth-order valence-electron chi connectivity index (χ4n) is 20.3. The number of carbonyl (C=O) groups is 4. The summed E-state index contributed by atoms with van der Waals surface area (Å²) in [6, 6.07) is 12.5. The van der Waals surface area contributed by atoms with Crippen molar-refractivity contribution in [1.29, 1.82) is 0 Å². The van der Waals surface area contributed by atoms with Crippen LogP contribution in [0.25, 0.3) is 10.8 Å². The summed E-state index contributed by atoms with van der Waals surface area (Å²) in [6.45, 7) is 34.4. The molecule has 9 fully saturated rings. The van der Waals surface area contributed by atoms with Gasteiger partial charge in [0.1, 0.15) is 96.0 Å². The molecule has 149 heavy (non-hydrogen) atoms. The Kier molecular flexibility index (Phi) is 53.2. The Hall–Kier alpha value is -4.00. The number of phenolic OH excluding ortho intramolecular Hbond substituents is 2. The second-order valence-electron chi connectivity index (χ2n) is 40.3. The number of imidazole rings is 1. The van der Waals surface area contributed by atoms with E-state index in [1.165, 1.54) is 90.1 Å². The minimum Gasteiger partial charge on any atom is -0.507 e. The van der Waals surface area contributed by atoms with Crippen molar-refractivity contribution in [2.45, 2.75) is 323 Å². The number of methoxy groups -OCH3 is 1. The first-order chi connectivity index (χ1) is 70.5. The van der Waals surface area contributed by atoms with E-state index in [1.54, 1.807) is 38.6 Å². The summed E-state index contributed by atoms with van der Waals surface area (Å²) >= 11 is 6.51. The zero-order valence-electron chi connectivity index (χ0n) is 88.0. The Labute approximate surface area is 933 Å². The van der Waals surface area contributed by atoms with E-state index in [1.807, 2.05) is 9.80 Å². The number of aliphatic hydroxyl groups excluding tert-OH is 11. The molecule has 1 aromatic heterocycles. The topological polar surface area (TPSA) is 590 Å². The van der Waals surface area contributed by atoms with Crippen molar-refractivity contribution in [3.05, 3.63) is 76.2 Å². The number of benzene rings is 3. The van der Waals surface area contributed by atoms with Crippen molar-refractivity contribution in [2.75, 3.05) is 167 Å². The van der Waals surface area contributed by atoms with E-state index in [0.717, 1.165) is 118 Å². The third kappa shape index (κ3) is 35.7. The summed E-state index contributed by atoms with van der Waals surface area (Å²) in [6.07, 6.45) is -20.2. The molecular formula is C101H162Br2N14Na2O30+2. The van der Waals surface area contributed by atoms with Crippen LogP contribution < -0.4 is 101 Å². The third-order valence-electron chi connectivity index (χ3n) is 29.0. The molecule has 9 saturated heterocycles. The van der Waals surface area contributed by atoms with Gasteiger partial charge in [0.05, 0.1) is 110 Å². The van der Waals surface area contributed by atoms with Gasteiger partial charge in [0.15, 0.2) is 36.7 Å². The Morgan fingerprint density at radius 1 is 0.570 bits per heavy atom. The van der Waals surface area contributed by atoms with Gasteiger partial charge in [-0.2, -0.15) is 0 Å². The number of Topliss-reactive ketones (excluding diaryl/α,β-unsaturated/α-hetero) is 2. The first kappa shape index (κ1) is 127. The number of halogens is 2. The van der Waals surface area contributed by atoms with Crippen LogP contribution >= 0.6 is 31.9 Å². The molecule has 830 valence electrons. The number of piperazine rings is 1. The molecule has 2 amide bonds. The second-order valence-corrected chi connectivity index (χ2v) is 41.9. The number of ketones is 2. The minimum absolute atomic E-state index is 0. The average Bonchev–Trinajstić information content (AvgIpc) is 1.23. The molecule has 21 N–H and O–H groups in total.